The van der Waals surface area contributed by atoms with Gasteiger partial charge in [-0.15, -0.1) is 0 Å². The van der Waals surface area contributed by atoms with E-state index in [1.807, 2.05) is 0 Å². The number of hydrogen-bond donors (Lipinski definition) is 1. The van der Waals surface area contributed by atoms with E-state index in [9.17, 15) is 0 Å². The molecule has 1 aromatic carbocycles. The first-order valence-electron chi connectivity index (χ1n) is 6.40. The van der Waals surface area contributed by atoms with Crippen LogP contribution in [0, 0.1) is 5.41 Å². The zero-order valence-corrected chi connectivity index (χ0v) is 11.7. The van der Waals surface area contributed by atoms with Crippen LogP contribution in [0.2, 0.25) is 0 Å². The number of hydrogen-bond acceptors (Lipinski definition) is 2. The number of nitrogens with one attached hydrogen (secondary N) is 1. The van der Waals surface area contributed by atoms with E-state index in [0.29, 0.717) is 0 Å². The lowest BCUT2D eigenvalue weighted by Gasteiger charge is -2.41. The number of para-hydroxylation sites is 2. The summed E-state index contributed by atoms with van der Waals surface area (Å²) in [6.45, 7) is 13.6. The number of fused-ring (bicyclic) bond motifs is 1. The standard InChI is InChI=1S/C15H24N2/c1-14(2,3)17-11-15(4,5)10-16-12-8-6-7-9-13(12)17/h6-9,16H,10-11H2,1-5H3. The van der Waals surface area contributed by atoms with Crippen molar-refractivity contribution in [3.05, 3.63) is 24.3 Å². The Hall–Kier alpha value is -1.18. The maximum atomic E-state index is 3.58. The zero-order valence-electron chi connectivity index (χ0n) is 11.7. The summed E-state index contributed by atoms with van der Waals surface area (Å²) in [5.41, 5.74) is 3.02. The van der Waals surface area contributed by atoms with Crippen LogP contribution in [0.4, 0.5) is 11.4 Å². The van der Waals surface area contributed by atoms with Crippen LogP contribution in [-0.2, 0) is 0 Å². The third kappa shape index (κ3) is 2.56. The van der Waals surface area contributed by atoms with Crippen molar-refractivity contribution in [3.8, 4) is 0 Å². The van der Waals surface area contributed by atoms with Crippen molar-refractivity contribution in [2.45, 2.75) is 40.2 Å². The summed E-state index contributed by atoms with van der Waals surface area (Å²) in [6.07, 6.45) is 0. The van der Waals surface area contributed by atoms with Gasteiger partial charge in [0.15, 0.2) is 0 Å². The fourth-order valence-electron chi connectivity index (χ4n) is 2.36. The van der Waals surface area contributed by atoms with Gasteiger partial charge in [-0.2, -0.15) is 0 Å². The first kappa shape index (κ1) is 12.3. The SMILES string of the molecule is CC1(C)CNc2ccccc2N(C(C)(C)C)C1. The summed E-state index contributed by atoms with van der Waals surface area (Å²) in [4.78, 5) is 2.52. The maximum absolute atomic E-state index is 3.58. The highest BCUT2D eigenvalue weighted by molar-refractivity contribution is 5.72. The van der Waals surface area contributed by atoms with Crippen molar-refractivity contribution in [1.82, 2.24) is 0 Å². The first-order chi connectivity index (χ1) is 7.80. The molecule has 1 N–H and O–H groups in total. The zero-order chi connectivity index (χ0) is 12.7. The molecule has 1 aliphatic rings. The fourth-order valence-corrected chi connectivity index (χ4v) is 2.36. The minimum atomic E-state index is 0.152. The van der Waals surface area contributed by atoms with E-state index in [1.54, 1.807) is 0 Å². The molecule has 0 saturated heterocycles. The number of rotatable bonds is 0. The molecule has 0 atom stereocenters. The van der Waals surface area contributed by atoms with Crippen molar-refractivity contribution < 1.29 is 0 Å². The molecule has 0 aliphatic carbocycles. The number of benzene rings is 1. The summed E-state index contributed by atoms with van der Waals surface area (Å²) in [5.74, 6) is 0. The minimum Gasteiger partial charge on any atom is -0.383 e. The van der Waals surface area contributed by atoms with Gasteiger partial charge in [-0.3, -0.25) is 0 Å². The summed E-state index contributed by atoms with van der Waals surface area (Å²) in [5, 5.41) is 3.58. The third-order valence-corrected chi connectivity index (χ3v) is 3.35. The molecule has 0 saturated carbocycles. The predicted octanol–water partition coefficient (Wildman–Crippen LogP) is 3.74. The molecule has 2 heteroatoms. The average molecular weight is 232 g/mol. The highest BCUT2D eigenvalue weighted by Crippen LogP contribution is 2.37. The Morgan fingerprint density at radius 2 is 1.82 bits per heavy atom. The topological polar surface area (TPSA) is 15.3 Å². The second-order valence-electron chi connectivity index (χ2n) is 6.79. The molecule has 0 radical (unpaired) electrons. The van der Waals surface area contributed by atoms with Gasteiger partial charge < -0.3 is 10.2 Å². The Balaban J connectivity index is 2.47. The summed E-state index contributed by atoms with van der Waals surface area (Å²) >= 11 is 0. The van der Waals surface area contributed by atoms with E-state index in [0.717, 1.165) is 13.1 Å². The molecule has 94 valence electrons. The van der Waals surface area contributed by atoms with Gasteiger partial charge in [0, 0.05) is 18.6 Å². The van der Waals surface area contributed by atoms with Crippen LogP contribution in [0.15, 0.2) is 24.3 Å². The molecule has 1 heterocycles. The van der Waals surface area contributed by atoms with Crippen LogP contribution in [0.3, 0.4) is 0 Å². The first-order valence-corrected chi connectivity index (χ1v) is 6.40. The highest BCUT2D eigenvalue weighted by atomic mass is 15.2. The Kier molecular flexibility index (Phi) is 2.84. The molecule has 0 unspecified atom stereocenters. The molecule has 0 amide bonds. The molecular weight excluding hydrogens is 208 g/mol. The van der Waals surface area contributed by atoms with Crippen molar-refractivity contribution in [3.63, 3.8) is 0 Å². The van der Waals surface area contributed by atoms with Crippen LogP contribution >= 0.6 is 0 Å². The lowest BCUT2D eigenvalue weighted by molar-refractivity contribution is 0.356. The van der Waals surface area contributed by atoms with Gasteiger partial charge in [-0.25, -0.2) is 0 Å². The highest BCUT2D eigenvalue weighted by Gasteiger charge is 2.32. The van der Waals surface area contributed by atoms with Gasteiger partial charge in [-0.1, -0.05) is 26.0 Å². The van der Waals surface area contributed by atoms with E-state index < -0.39 is 0 Å². The molecule has 0 bridgehead atoms. The molecule has 0 aromatic heterocycles. The van der Waals surface area contributed by atoms with Crippen LogP contribution in [0.25, 0.3) is 0 Å². The molecule has 1 aliphatic heterocycles. The van der Waals surface area contributed by atoms with Gasteiger partial charge >= 0.3 is 0 Å². The predicted molar refractivity (Wildman–Crippen MR) is 75.8 cm³/mol. The fraction of sp³-hybridized carbons (Fsp3) is 0.600. The van der Waals surface area contributed by atoms with E-state index >= 15 is 0 Å². The monoisotopic (exact) mass is 232 g/mol. The van der Waals surface area contributed by atoms with Gasteiger partial charge in [-0.05, 0) is 38.3 Å². The maximum Gasteiger partial charge on any atom is 0.0606 e. The lowest BCUT2D eigenvalue weighted by Crippen LogP contribution is -2.46. The summed E-state index contributed by atoms with van der Waals surface area (Å²) in [6, 6.07) is 8.62. The second-order valence-corrected chi connectivity index (χ2v) is 6.79. The molecule has 1 aromatic rings. The van der Waals surface area contributed by atoms with Crippen molar-refractivity contribution in [2.24, 2.45) is 5.41 Å². The van der Waals surface area contributed by atoms with Crippen LogP contribution in [-0.4, -0.2) is 18.6 Å². The molecule has 0 spiro atoms. The number of nitrogens with zero attached hydrogens (tertiary/aromatic N) is 1. The van der Waals surface area contributed by atoms with Crippen molar-refractivity contribution in [1.29, 1.82) is 0 Å². The Bertz CT molecular complexity index is 402. The second kappa shape index (κ2) is 3.94. The Labute approximate surface area is 105 Å². The van der Waals surface area contributed by atoms with Gasteiger partial charge in [0.2, 0.25) is 0 Å². The summed E-state index contributed by atoms with van der Waals surface area (Å²) < 4.78 is 0. The smallest absolute Gasteiger partial charge is 0.0606 e. The minimum absolute atomic E-state index is 0.152. The molecule has 2 rings (SSSR count). The number of anilines is 2. The Morgan fingerprint density at radius 3 is 2.47 bits per heavy atom. The van der Waals surface area contributed by atoms with E-state index in [-0.39, 0.29) is 11.0 Å². The lowest BCUT2D eigenvalue weighted by atomic mass is 9.91. The molecule has 17 heavy (non-hydrogen) atoms. The van der Waals surface area contributed by atoms with Gasteiger partial charge in [0.25, 0.3) is 0 Å². The van der Waals surface area contributed by atoms with Gasteiger partial charge in [0.1, 0.15) is 0 Å². The normalized spacial score (nSPS) is 19.2. The molecule has 2 nitrogen and oxygen atoms in total. The van der Waals surface area contributed by atoms with Crippen LogP contribution in [0.1, 0.15) is 34.6 Å². The van der Waals surface area contributed by atoms with E-state index in [4.69, 9.17) is 0 Å². The van der Waals surface area contributed by atoms with E-state index in [2.05, 4.69) is 69.1 Å². The molecule has 0 fully saturated rings. The van der Waals surface area contributed by atoms with Crippen LogP contribution in [0.5, 0.6) is 0 Å². The quantitative estimate of drug-likeness (QED) is 0.733. The molecular formula is C15H24N2. The van der Waals surface area contributed by atoms with Crippen molar-refractivity contribution in [2.75, 3.05) is 23.3 Å². The van der Waals surface area contributed by atoms with Crippen molar-refractivity contribution >= 4 is 11.4 Å². The van der Waals surface area contributed by atoms with Gasteiger partial charge in [0.05, 0.1) is 11.4 Å². The summed E-state index contributed by atoms with van der Waals surface area (Å²) in [7, 11) is 0. The third-order valence-electron chi connectivity index (χ3n) is 3.35. The van der Waals surface area contributed by atoms with E-state index in [1.165, 1.54) is 11.4 Å². The largest absolute Gasteiger partial charge is 0.383 e. The Morgan fingerprint density at radius 1 is 1.18 bits per heavy atom. The van der Waals surface area contributed by atoms with Crippen LogP contribution < -0.4 is 10.2 Å². The average Bonchev–Trinajstić information content (AvgIpc) is 2.35.